The minimum atomic E-state index is 0.666. The van der Waals surface area contributed by atoms with Crippen LogP contribution in [0.1, 0.15) is 0 Å². The van der Waals surface area contributed by atoms with Gasteiger partial charge in [0.05, 0.1) is 0 Å². The van der Waals surface area contributed by atoms with Gasteiger partial charge in [-0.2, -0.15) is 0 Å². The van der Waals surface area contributed by atoms with Crippen molar-refractivity contribution in [3.63, 3.8) is 0 Å². The fourth-order valence-corrected chi connectivity index (χ4v) is 1.40. The molecule has 2 nitrogen and oxygen atoms in total. The van der Waals surface area contributed by atoms with E-state index in [0.717, 1.165) is 0 Å². The molecule has 0 saturated carbocycles. The van der Waals surface area contributed by atoms with Crippen molar-refractivity contribution in [2.24, 2.45) is 0 Å². The third-order valence-electron chi connectivity index (χ3n) is 2.28. The van der Waals surface area contributed by atoms with E-state index in [4.69, 9.17) is 0 Å². The molecule has 1 aliphatic heterocycles. The normalized spacial score (nSPS) is 30.5. The molecular weight excluding hydrogens is 123 g/mol. The van der Waals surface area contributed by atoms with Crippen LogP contribution in [0.3, 0.4) is 0 Å². The maximum atomic E-state index is 2.40. The van der Waals surface area contributed by atoms with Crippen LogP contribution in [0.4, 0.5) is 0 Å². The van der Waals surface area contributed by atoms with Crippen molar-refractivity contribution in [2.75, 3.05) is 33.7 Å². The first kappa shape index (κ1) is 8.09. The summed E-state index contributed by atoms with van der Waals surface area (Å²) in [6, 6.07) is 0. The maximum Gasteiger partial charge on any atom is 0.131 e. The second-order valence-corrected chi connectivity index (χ2v) is 3.14. The molecule has 0 aromatic carbocycles. The lowest BCUT2D eigenvalue weighted by Gasteiger charge is -2.37. The van der Waals surface area contributed by atoms with Crippen LogP contribution in [-0.4, -0.2) is 56.8 Å². The molecule has 57 valence electrons. The van der Waals surface area contributed by atoms with Crippen LogP contribution in [0.5, 0.6) is 0 Å². The number of piperazine rings is 1. The van der Waals surface area contributed by atoms with Crippen molar-refractivity contribution in [2.45, 2.75) is 12.8 Å². The van der Waals surface area contributed by atoms with Gasteiger partial charge in [0.25, 0.3) is 0 Å². The lowest BCUT2D eigenvalue weighted by molar-refractivity contribution is 0.156. The van der Waals surface area contributed by atoms with Crippen LogP contribution < -0.4 is 0 Å². The molecule has 1 fully saturated rings. The van der Waals surface area contributed by atoms with E-state index in [0.29, 0.717) is 5.94 Å². The summed E-state index contributed by atoms with van der Waals surface area (Å²) >= 11 is 0. The highest BCUT2D eigenvalue weighted by molar-refractivity contribution is 6.35. The Morgan fingerprint density at radius 2 is 2.00 bits per heavy atom. The molecule has 0 amide bonds. The van der Waals surface area contributed by atoms with E-state index in [-0.39, 0.29) is 0 Å². The average molecular weight is 139 g/mol. The molecule has 0 spiro atoms. The van der Waals surface area contributed by atoms with Crippen LogP contribution in [0.15, 0.2) is 0 Å². The summed E-state index contributed by atoms with van der Waals surface area (Å²) in [6.45, 7) is 5.74. The van der Waals surface area contributed by atoms with Crippen molar-refractivity contribution < 1.29 is 0 Å². The highest BCUT2D eigenvalue weighted by atomic mass is 15.2. The second-order valence-electron chi connectivity index (χ2n) is 3.14. The Balaban J connectivity index is 2.38. The fraction of sp³-hybridized carbons (Fsp3) is 1.00. The minimum absolute atomic E-state index is 0.666. The lowest BCUT2D eigenvalue weighted by Crippen LogP contribution is -2.52. The van der Waals surface area contributed by atoms with Gasteiger partial charge in [0.1, 0.15) is 7.28 Å². The van der Waals surface area contributed by atoms with Crippen molar-refractivity contribution in [1.29, 1.82) is 0 Å². The number of likely N-dealkylation sites (N-methyl/N-ethyl adjacent to an activating group) is 2. The Bertz CT molecular complexity index is 108. The monoisotopic (exact) mass is 139 g/mol. The van der Waals surface area contributed by atoms with E-state index in [1.165, 1.54) is 19.6 Å². The molecule has 0 aliphatic carbocycles. The molecule has 1 heterocycles. The van der Waals surface area contributed by atoms with Crippen molar-refractivity contribution in [3.8, 4) is 0 Å². The first-order valence-electron chi connectivity index (χ1n) is 3.92. The molecule has 0 aromatic rings. The maximum absolute atomic E-state index is 2.40. The molecule has 1 radical (unpaired) electrons. The van der Waals surface area contributed by atoms with Gasteiger partial charge in [0, 0.05) is 19.6 Å². The number of nitrogens with zero attached hydrogens (tertiary/aromatic N) is 2. The van der Waals surface area contributed by atoms with Gasteiger partial charge in [-0.05, 0) is 20.0 Å². The summed E-state index contributed by atoms with van der Waals surface area (Å²) in [6.07, 6.45) is 0. The topological polar surface area (TPSA) is 6.48 Å². The van der Waals surface area contributed by atoms with Crippen LogP contribution >= 0.6 is 0 Å². The highest BCUT2D eigenvalue weighted by Gasteiger charge is 2.19. The predicted octanol–water partition coefficient (Wildman–Crippen LogP) is -0.0580. The van der Waals surface area contributed by atoms with E-state index in [2.05, 4.69) is 38.0 Å². The zero-order chi connectivity index (χ0) is 7.56. The first-order valence-corrected chi connectivity index (χ1v) is 3.92. The zero-order valence-corrected chi connectivity index (χ0v) is 7.17. The van der Waals surface area contributed by atoms with E-state index in [1.807, 2.05) is 0 Å². The molecule has 1 saturated heterocycles. The van der Waals surface area contributed by atoms with Gasteiger partial charge >= 0.3 is 0 Å². The molecule has 0 bridgehead atoms. The zero-order valence-electron chi connectivity index (χ0n) is 7.17. The molecule has 1 rings (SSSR count). The predicted molar refractivity (Wildman–Crippen MR) is 45.5 cm³/mol. The summed E-state index contributed by atoms with van der Waals surface area (Å²) in [5.74, 6) is 0.666. The Morgan fingerprint density at radius 3 is 2.50 bits per heavy atom. The molecule has 10 heavy (non-hydrogen) atoms. The fourth-order valence-electron chi connectivity index (χ4n) is 1.40. The van der Waals surface area contributed by atoms with Crippen molar-refractivity contribution in [3.05, 3.63) is 0 Å². The molecule has 1 atom stereocenters. The van der Waals surface area contributed by atoms with Crippen molar-refractivity contribution >= 4 is 7.28 Å². The molecule has 0 aromatic heterocycles. The van der Waals surface area contributed by atoms with Gasteiger partial charge in [-0.25, -0.2) is 0 Å². The van der Waals surface area contributed by atoms with Gasteiger partial charge in [-0.15, -0.1) is 0 Å². The number of hydrogen-bond donors (Lipinski definition) is 0. The van der Waals surface area contributed by atoms with Gasteiger partial charge in [-0.1, -0.05) is 6.82 Å². The standard InChI is InChI=1S/C7H16BN2/c1-8-7-6-9(2)4-5-10(7)3/h7H,4-6H2,1-3H3/t7-/m1/s1. The van der Waals surface area contributed by atoms with Crippen LogP contribution in [-0.2, 0) is 0 Å². The second kappa shape index (κ2) is 3.40. The Morgan fingerprint density at radius 1 is 1.30 bits per heavy atom. The quantitative estimate of drug-likeness (QED) is 0.469. The molecule has 0 N–H and O–H groups in total. The average Bonchev–Trinajstić information content (AvgIpc) is 1.94. The Kier molecular flexibility index (Phi) is 2.75. The van der Waals surface area contributed by atoms with Crippen LogP contribution in [0.25, 0.3) is 0 Å². The van der Waals surface area contributed by atoms with Crippen LogP contribution in [0.2, 0.25) is 6.82 Å². The van der Waals surface area contributed by atoms with E-state index in [9.17, 15) is 0 Å². The lowest BCUT2D eigenvalue weighted by atomic mass is 9.71. The number of hydrogen-bond acceptors (Lipinski definition) is 2. The van der Waals surface area contributed by atoms with Gasteiger partial charge in [0.15, 0.2) is 0 Å². The summed E-state index contributed by atoms with van der Waals surface area (Å²) in [5.41, 5.74) is 0. The molecular formula is C7H16BN2. The van der Waals surface area contributed by atoms with Gasteiger partial charge in [0.2, 0.25) is 0 Å². The van der Waals surface area contributed by atoms with Crippen LogP contribution in [0, 0.1) is 0 Å². The SMILES string of the molecule is C[B][C@H]1CN(C)CCN1C. The smallest absolute Gasteiger partial charge is 0.131 e. The van der Waals surface area contributed by atoms with Gasteiger partial charge < -0.3 is 9.80 Å². The Labute approximate surface area is 64.4 Å². The summed E-state index contributed by atoms with van der Waals surface area (Å²) in [7, 11) is 6.65. The third kappa shape index (κ3) is 1.73. The van der Waals surface area contributed by atoms with Crippen molar-refractivity contribution in [1.82, 2.24) is 9.80 Å². The first-order chi connectivity index (χ1) is 4.74. The summed E-state index contributed by atoms with van der Waals surface area (Å²) in [5, 5.41) is 0. The Hall–Kier alpha value is -0.0151. The van der Waals surface area contributed by atoms with Gasteiger partial charge in [-0.3, -0.25) is 0 Å². The molecule has 1 aliphatic rings. The van der Waals surface area contributed by atoms with E-state index < -0.39 is 0 Å². The third-order valence-corrected chi connectivity index (χ3v) is 2.28. The molecule has 3 heteroatoms. The van der Waals surface area contributed by atoms with E-state index in [1.54, 1.807) is 0 Å². The van der Waals surface area contributed by atoms with E-state index >= 15 is 0 Å². The number of rotatable bonds is 1. The summed E-state index contributed by atoms with van der Waals surface area (Å²) in [4.78, 5) is 4.78. The molecule has 0 unspecified atom stereocenters. The highest BCUT2D eigenvalue weighted by Crippen LogP contribution is 2.03. The minimum Gasteiger partial charge on any atom is -0.309 e. The summed E-state index contributed by atoms with van der Waals surface area (Å²) < 4.78 is 0. The largest absolute Gasteiger partial charge is 0.309 e.